The molecule has 0 spiro atoms. The lowest BCUT2D eigenvalue weighted by atomic mass is 10.1. The summed E-state index contributed by atoms with van der Waals surface area (Å²) in [5.74, 6) is -1.51. The lowest BCUT2D eigenvalue weighted by Gasteiger charge is -2.14. The second-order valence-corrected chi connectivity index (χ2v) is 7.57. The average Bonchev–Trinajstić information content (AvgIpc) is 2.96. The van der Waals surface area contributed by atoms with Crippen molar-refractivity contribution in [2.45, 2.75) is 6.61 Å². The summed E-state index contributed by atoms with van der Waals surface area (Å²) in [6.07, 6.45) is 1.36. The number of ether oxygens (including phenoxy) is 2. The standard InChI is InChI=1S/C20H15Cl3N2O6/c1-30-16-7-11(6-15-19(28)25(8-17(26)27)20(29)24-15)5-14(23)18(16)31-9-10-2-3-12(21)13(22)4-10/h2-7H,8-9H2,1H3,(H,24,29)(H,26,27)/b15-6+. The molecule has 0 saturated carbocycles. The first kappa shape index (κ1) is 22.7. The number of rotatable bonds is 7. The molecule has 0 radical (unpaired) electrons. The normalized spacial score (nSPS) is 14.7. The third-order valence-corrected chi connectivity index (χ3v) is 5.21. The molecule has 0 bridgehead atoms. The molecule has 2 N–H and O–H groups in total. The molecule has 3 rings (SSSR count). The van der Waals surface area contributed by atoms with Gasteiger partial charge in [0, 0.05) is 0 Å². The number of aliphatic carboxylic acids is 1. The van der Waals surface area contributed by atoms with Crippen molar-refractivity contribution in [2.75, 3.05) is 13.7 Å². The fourth-order valence-corrected chi connectivity index (χ4v) is 3.36. The number of carboxylic acids is 1. The van der Waals surface area contributed by atoms with Crippen molar-refractivity contribution in [3.63, 3.8) is 0 Å². The summed E-state index contributed by atoms with van der Waals surface area (Å²) in [4.78, 5) is 35.5. The number of nitrogens with zero attached hydrogens (tertiary/aromatic N) is 1. The van der Waals surface area contributed by atoms with Crippen LogP contribution in [0.15, 0.2) is 36.0 Å². The van der Waals surface area contributed by atoms with E-state index in [9.17, 15) is 14.4 Å². The van der Waals surface area contributed by atoms with Crippen LogP contribution in [0.5, 0.6) is 11.5 Å². The van der Waals surface area contributed by atoms with E-state index in [0.717, 1.165) is 5.56 Å². The molecule has 0 aliphatic carbocycles. The molecular weight excluding hydrogens is 471 g/mol. The van der Waals surface area contributed by atoms with Crippen molar-refractivity contribution < 1.29 is 29.0 Å². The summed E-state index contributed by atoms with van der Waals surface area (Å²) >= 11 is 18.3. The van der Waals surface area contributed by atoms with Gasteiger partial charge < -0.3 is 19.9 Å². The number of carbonyl (C=O) groups excluding carboxylic acids is 2. The first-order valence-corrected chi connectivity index (χ1v) is 9.83. The maximum Gasteiger partial charge on any atom is 0.329 e. The number of hydrogen-bond acceptors (Lipinski definition) is 5. The minimum absolute atomic E-state index is 0.0890. The number of hydrogen-bond donors (Lipinski definition) is 2. The van der Waals surface area contributed by atoms with Gasteiger partial charge in [0.25, 0.3) is 5.91 Å². The van der Waals surface area contributed by atoms with Gasteiger partial charge in [0.1, 0.15) is 18.8 Å². The minimum Gasteiger partial charge on any atom is -0.493 e. The predicted molar refractivity (Wildman–Crippen MR) is 115 cm³/mol. The van der Waals surface area contributed by atoms with Crippen LogP contribution in [0.25, 0.3) is 6.08 Å². The van der Waals surface area contributed by atoms with E-state index in [1.54, 1.807) is 24.3 Å². The van der Waals surface area contributed by atoms with Crippen LogP contribution in [-0.4, -0.2) is 41.6 Å². The number of methoxy groups -OCH3 is 1. The van der Waals surface area contributed by atoms with Gasteiger partial charge >= 0.3 is 12.0 Å². The molecule has 8 nitrogen and oxygen atoms in total. The largest absolute Gasteiger partial charge is 0.493 e. The Morgan fingerprint density at radius 1 is 1.13 bits per heavy atom. The van der Waals surface area contributed by atoms with E-state index in [-0.39, 0.29) is 23.1 Å². The molecule has 1 aliphatic rings. The molecule has 1 saturated heterocycles. The summed E-state index contributed by atoms with van der Waals surface area (Å²) in [5.41, 5.74) is 1.11. The Bertz CT molecular complexity index is 1100. The van der Waals surface area contributed by atoms with E-state index in [2.05, 4.69) is 5.32 Å². The van der Waals surface area contributed by atoms with Crippen molar-refractivity contribution in [2.24, 2.45) is 0 Å². The zero-order valence-electron chi connectivity index (χ0n) is 15.9. The number of halogens is 3. The molecule has 1 heterocycles. The smallest absolute Gasteiger partial charge is 0.329 e. The van der Waals surface area contributed by atoms with E-state index in [1.807, 2.05) is 0 Å². The third-order valence-electron chi connectivity index (χ3n) is 4.19. The number of amides is 3. The van der Waals surface area contributed by atoms with Gasteiger partial charge in [-0.25, -0.2) is 9.69 Å². The highest BCUT2D eigenvalue weighted by molar-refractivity contribution is 6.42. The molecule has 0 unspecified atom stereocenters. The lowest BCUT2D eigenvalue weighted by Crippen LogP contribution is -2.35. The van der Waals surface area contributed by atoms with Gasteiger partial charge in [0.2, 0.25) is 0 Å². The molecule has 0 aromatic heterocycles. The fourth-order valence-electron chi connectivity index (χ4n) is 2.77. The Morgan fingerprint density at radius 2 is 1.87 bits per heavy atom. The zero-order valence-corrected chi connectivity index (χ0v) is 18.2. The van der Waals surface area contributed by atoms with Gasteiger partial charge in [-0.3, -0.25) is 9.59 Å². The highest BCUT2D eigenvalue weighted by Gasteiger charge is 2.34. The molecule has 1 fully saturated rings. The quantitative estimate of drug-likeness (QED) is 0.450. The minimum atomic E-state index is -1.31. The van der Waals surface area contributed by atoms with Crippen molar-refractivity contribution >= 4 is 58.8 Å². The van der Waals surface area contributed by atoms with Crippen LogP contribution in [-0.2, 0) is 16.2 Å². The topological polar surface area (TPSA) is 105 Å². The van der Waals surface area contributed by atoms with Crippen LogP contribution in [0, 0.1) is 0 Å². The Balaban J connectivity index is 1.83. The first-order chi connectivity index (χ1) is 14.7. The summed E-state index contributed by atoms with van der Waals surface area (Å²) in [6, 6.07) is 7.32. The van der Waals surface area contributed by atoms with Gasteiger partial charge in [0.05, 0.1) is 22.2 Å². The molecule has 2 aromatic rings. The monoisotopic (exact) mass is 484 g/mol. The maximum atomic E-state index is 12.3. The van der Waals surface area contributed by atoms with Gasteiger partial charge in [-0.2, -0.15) is 0 Å². The van der Waals surface area contributed by atoms with Crippen molar-refractivity contribution in [1.82, 2.24) is 10.2 Å². The number of imide groups is 1. The summed E-state index contributed by atoms with van der Waals surface area (Å²) in [7, 11) is 1.42. The van der Waals surface area contributed by atoms with Crippen LogP contribution >= 0.6 is 34.8 Å². The Hall–Kier alpha value is -2.94. The predicted octanol–water partition coefficient (Wildman–Crippen LogP) is 4.21. The van der Waals surface area contributed by atoms with E-state index >= 15 is 0 Å². The van der Waals surface area contributed by atoms with Gasteiger partial charge in [-0.15, -0.1) is 0 Å². The molecule has 3 amide bonds. The molecule has 2 aromatic carbocycles. The number of carbonyl (C=O) groups is 3. The Kier molecular flexibility index (Phi) is 6.94. The van der Waals surface area contributed by atoms with Crippen LogP contribution in [0.2, 0.25) is 15.1 Å². The first-order valence-electron chi connectivity index (χ1n) is 8.70. The van der Waals surface area contributed by atoms with E-state index in [4.69, 9.17) is 49.4 Å². The maximum absolute atomic E-state index is 12.3. The highest BCUT2D eigenvalue weighted by Crippen LogP contribution is 2.38. The summed E-state index contributed by atoms with van der Waals surface area (Å²) < 4.78 is 11.1. The fraction of sp³-hybridized carbons (Fsp3) is 0.150. The molecule has 11 heteroatoms. The molecule has 1 aliphatic heterocycles. The summed E-state index contributed by atoms with van der Waals surface area (Å²) in [6.45, 7) is -0.598. The number of benzene rings is 2. The molecular formula is C20H15Cl3N2O6. The summed E-state index contributed by atoms with van der Waals surface area (Å²) in [5, 5.41) is 12.2. The van der Waals surface area contributed by atoms with Gasteiger partial charge in [0.15, 0.2) is 11.5 Å². The van der Waals surface area contributed by atoms with Crippen LogP contribution < -0.4 is 14.8 Å². The molecule has 0 atom stereocenters. The SMILES string of the molecule is COc1cc(/C=C2/NC(=O)N(CC(=O)O)C2=O)cc(Cl)c1OCc1ccc(Cl)c(Cl)c1. The zero-order chi connectivity index (χ0) is 22.7. The van der Waals surface area contributed by atoms with Crippen molar-refractivity contribution in [3.05, 3.63) is 62.2 Å². The number of urea groups is 1. The van der Waals surface area contributed by atoms with E-state index < -0.39 is 24.5 Å². The Morgan fingerprint density at radius 3 is 2.52 bits per heavy atom. The third kappa shape index (κ3) is 5.22. The van der Waals surface area contributed by atoms with Crippen LogP contribution in [0.3, 0.4) is 0 Å². The van der Waals surface area contributed by atoms with Gasteiger partial charge in [-0.1, -0.05) is 40.9 Å². The second-order valence-electron chi connectivity index (χ2n) is 6.34. The van der Waals surface area contributed by atoms with Crippen molar-refractivity contribution in [1.29, 1.82) is 0 Å². The van der Waals surface area contributed by atoms with Crippen LogP contribution in [0.4, 0.5) is 4.79 Å². The number of nitrogens with one attached hydrogen (secondary N) is 1. The Labute approximate surface area is 191 Å². The average molecular weight is 486 g/mol. The second kappa shape index (κ2) is 9.47. The van der Waals surface area contributed by atoms with Gasteiger partial charge in [-0.05, 0) is 41.5 Å². The highest BCUT2D eigenvalue weighted by atomic mass is 35.5. The van der Waals surface area contributed by atoms with E-state index in [1.165, 1.54) is 19.3 Å². The molecule has 31 heavy (non-hydrogen) atoms. The van der Waals surface area contributed by atoms with Crippen molar-refractivity contribution in [3.8, 4) is 11.5 Å². The lowest BCUT2D eigenvalue weighted by molar-refractivity contribution is -0.140. The van der Waals surface area contributed by atoms with Crippen LogP contribution in [0.1, 0.15) is 11.1 Å². The van der Waals surface area contributed by atoms with E-state index in [0.29, 0.717) is 26.3 Å². The molecule has 162 valence electrons. The number of carboxylic acid groups (broad SMARTS) is 1.